The summed E-state index contributed by atoms with van der Waals surface area (Å²) in [5.74, 6) is -2.79. The molecule has 0 atom stereocenters. The number of benzene rings is 1. The summed E-state index contributed by atoms with van der Waals surface area (Å²) in [7, 11) is 1.15. The van der Waals surface area contributed by atoms with Crippen LogP contribution >= 0.6 is 0 Å². The van der Waals surface area contributed by atoms with E-state index in [-0.39, 0.29) is 12.7 Å². The summed E-state index contributed by atoms with van der Waals surface area (Å²) >= 11 is 0. The fourth-order valence-corrected chi connectivity index (χ4v) is 1.19. The monoisotopic (exact) mass is 263 g/mol. The second-order valence-electron chi connectivity index (χ2n) is 3.47. The third kappa shape index (κ3) is 3.22. The van der Waals surface area contributed by atoms with Gasteiger partial charge in [0.25, 0.3) is 0 Å². The van der Waals surface area contributed by atoms with Gasteiger partial charge < -0.3 is 10.1 Å². The minimum atomic E-state index is -4.98. The zero-order chi connectivity index (χ0) is 13.9. The quantitative estimate of drug-likeness (QED) is 0.834. The number of methoxy groups -OCH3 is 1. The van der Waals surface area contributed by atoms with Gasteiger partial charge in [-0.2, -0.15) is 13.2 Å². The van der Waals surface area contributed by atoms with Crippen LogP contribution < -0.4 is 5.32 Å². The van der Waals surface area contributed by atoms with Gasteiger partial charge in [0.1, 0.15) is 0 Å². The fourth-order valence-electron chi connectivity index (χ4n) is 1.19. The molecule has 0 aliphatic rings. The maximum Gasteiger partial charge on any atom is 0.471 e. The summed E-state index contributed by atoms with van der Waals surface area (Å²) in [6.45, 7) is 1.51. The minimum Gasteiger partial charge on any atom is -0.465 e. The van der Waals surface area contributed by atoms with Gasteiger partial charge in [-0.3, -0.25) is 4.79 Å². The Labute approximate surface area is 102 Å². The van der Waals surface area contributed by atoms with Gasteiger partial charge in [-0.25, -0.2) is 4.79 Å². The van der Waals surface area contributed by atoms with E-state index < -0.39 is 18.1 Å². The third-order valence-corrected chi connectivity index (χ3v) is 2.16. The number of carbonyl (C=O) groups excluding carboxylic acids is 2. The molecule has 0 bridgehead atoms. The SMILES string of the molecule is COC(=O)c1ccc(C)c(NC(=O)C(F)(F)F)c1.[HH]. The zero-order valence-electron chi connectivity index (χ0n) is 9.59. The molecule has 1 aromatic carbocycles. The Morgan fingerprint density at radius 1 is 1.33 bits per heavy atom. The van der Waals surface area contributed by atoms with Crippen LogP contribution in [0.2, 0.25) is 0 Å². The number of esters is 1. The number of aryl methyl sites for hydroxylation is 1. The summed E-state index contributed by atoms with van der Waals surface area (Å²) in [4.78, 5) is 22.0. The van der Waals surface area contributed by atoms with E-state index in [1.54, 1.807) is 5.32 Å². The first-order valence-electron chi connectivity index (χ1n) is 4.83. The fraction of sp³-hybridized carbons (Fsp3) is 0.273. The molecule has 0 aliphatic heterocycles. The number of hydrogen-bond acceptors (Lipinski definition) is 3. The summed E-state index contributed by atoms with van der Waals surface area (Å²) in [6, 6.07) is 3.94. The van der Waals surface area contributed by atoms with Crippen molar-refractivity contribution in [2.75, 3.05) is 12.4 Å². The highest BCUT2D eigenvalue weighted by atomic mass is 19.4. The van der Waals surface area contributed by atoms with Crippen LogP contribution in [0, 0.1) is 6.92 Å². The summed E-state index contributed by atoms with van der Waals surface area (Å²) in [5.41, 5.74) is 0.376. The first-order valence-corrected chi connectivity index (χ1v) is 4.83. The second kappa shape index (κ2) is 5.07. The maximum atomic E-state index is 12.1. The summed E-state index contributed by atoms with van der Waals surface area (Å²) < 4.78 is 40.7. The number of carbonyl (C=O) groups is 2. The highest BCUT2D eigenvalue weighted by Gasteiger charge is 2.38. The Kier molecular flexibility index (Phi) is 3.95. The van der Waals surface area contributed by atoms with E-state index in [1.165, 1.54) is 19.1 Å². The van der Waals surface area contributed by atoms with Crippen molar-refractivity contribution in [1.29, 1.82) is 0 Å². The molecular weight excluding hydrogens is 251 g/mol. The lowest BCUT2D eigenvalue weighted by Crippen LogP contribution is -2.30. The number of halogens is 3. The summed E-state index contributed by atoms with van der Waals surface area (Å²) in [6.07, 6.45) is -4.98. The molecule has 1 aromatic rings. The highest BCUT2D eigenvalue weighted by molar-refractivity contribution is 5.97. The van der Waals surface area contributed by atoms with Crippen molar-refractivity contribution in [3.05, 3.63) is 29.3 Å². The Balaban J connectivity index is 0.00000324. The minimum absolute atomic E-state index is 0. The predicted molar refractivity (Wildman–Crippen MR) is 59.3 cm³/mol. The van der Waals surface area contributed by atoms with Crippen LogP contribution in [0.1, 0.15) is 17.3 Å². The molecule has 0 fully saturated rings. The van der Waals surface area contributed by atoms with Crippen molar-refractivity contribution < 1.29 is 28.9 Å². The topological polar surface area (TPSA) is 55.4 Å². The number of ether oxygens (including phenoxy) is 1. The van der Waals surface area contributed by atoms with Crippen molar-refractivity contribution in [1.82, 2.24) is 0 Å². The lowest BCUT2D eigenvalue weighted by atomic mass is 10.1. The molecule has 4 nitrogen and oxygen atoms in total. The van der Waals surface area contributed by atoms with Crippen LogP contribution in [0.4, 0.5) is 18.9 Å². The Bertz CT molecular complexity index is 489. The molecule has 1 N–H and O–H groups in total. The van der Waals surface area contributed by atoms with E-state index in [2.05, 4.69) is 4.74 Å². The van der Waals surface area contributed by atoms with Gasteiger partial charge in [0.05, 0.1) is 12.7 Å². The largest absolute Gasteiger partial charge is 0.471 e. The zero-order valence-corrected chi connectivity index (χ0v) is 9.59. The van der Waals surface area contributed by atoms with Gasteiger partial charge in [-0.05, 0) is 24.6 Å². The molecule has 1 rings (SSSR count). The number of amides is 1. The number of rotatable bonds is 2. The first kappa shape index (κ1) is 14.0. The summed E-state index contributed by atoms with van der Waals surface area (Å²) in [5, 5.41) is 1.70. The molecule has 0 aliphatic carbocycles. The van der Waals surface area contributed by atoms with Crippen LogP contribution in [0.25, 0.3) is 0 Å². The molecule has 0 radical (unpaired) electrons. The standard InChI is InChI=1S/C11H10F3NO3.H2/c1-6-3-4-7(9(16)18-2)5-8(6)15-10(17)11(12,13)14;/h3-5H,1-2H3,(H,15,17);1H. The van der Waals surface area contributed by atoms with E-state index in [1.807, 2.05) is 0 Å². The van der Waals surface area contributed by atoms with Crippen molar-refractivity contribution in [3.63, 3.8) is 0 Å². The lowest BCUT2D eigenvalue weighted by molar-refractivity contribution is -0.167. The second-order valence-corrected chi connectivity index (χ2v) is 3.47. The molecule has 0 spiro atoms. The van der Waals surface area contributed by atoms with Crippen LogP contribution in [0.3, 0.4) is 0 Å². The lowest BCUT2D eigenvalue weighted by Gasteiger charge is -2.11. The van der Waals surface area contributed by atoms with E-state index in [4.69, 9.17) is 0 Å². The molecule has 0 aromatic heterocycles. The maximum absolute atomic E-state index is 12.1. The Morgan fingerprint density at radius 2 is 1.94 bits per heavy atom. The first-order chi connectivity index (χ1) is 8.25. The van der Waals surface area contributed by atoms with E-state index in [0.717, 1.165) is 13.2 Å². The van der Waals surface area contributed by atoms with Crippen LogP contribution in [-0.4, -0.2) is 25.2 Å². The van der Waals surface area contributed by atoms with Crippen LogP contribution in [-0.2, 0) is 9.53 Å². The van der Waals surface area contributed by atoms with Gasteiger partial charge in [-0.15, -0.1) is 0 Å². The van der Waals surface area contributed by atoms with Crippen molar-refractivity contribution in [2.45, 2.75) is 13.1 Å². The molecule has 100 valence electrons. The molecule has 1 amide bonds. The van der Waals surface area contributed by atoms with Crippen molar-refractivity contribution in [2.24, 2.45) is 0 Å². The number of hydrogen-bond donors (Lipinski definition) is 1. The average molecular weight is 263 g/mol. The van der Waals surface area contributed by atoms with Crippen molar-refractivity contribution in [3.8, 4) is 0 Å². The molecule has 18 heavy (non-hydrogen) atoms. The average Bonchev–Trinajstić information content (AvgIpc) is 2.29. The van der Waals surface area contributed by atoms with E-state index in [0.29, 0.717) is 5.56 Å². The Hall–Kier alpha value is -2.05. The molecule has 7 heteroatoms. The Morgan fingerprint density at radius 3 is 2.44 bits per heavy atom. The molecule has 0 unspecified atom stereocenters. The van der Waals surface area contributed by atoms with Gasteiger partial charge in [0.2, 0.25) is 0 Å². The van der Waals surface area contributed by atoms with Gasteiger partial charge in [-0.1, -0.05) is 6.07 Å². The molecular formula is C11H12F3NO3. The smallest absolute Gasteiger partial charge is 0.465 e. The molecule has 0 saturated heterocycles. The van der Waals surface area contributed by atoms with Gasteiger partial charge in [0, 0.05) is 7.11 Å². The van der Waals surface area contributed by atoms with E-state index in [9.17, 15) is 22.8 Å². The van der Waals surface area contributed by atoms with Gasteiger partial charge >= 0.3 is 18.1 Å². The van der Waals surface area contributed by atoms with Gasteiger partial charge in [0.15, 0.2) is 0 Å². The molecule has 0 saturated carbocycles. The highest BCUT2D eigenvalue weighted by Crippen LogP contribution is 2.22. The number of alkyl halides is 3. The normalized spacial score (nSPS) is 10.9. The van der Waals surface area contributed by atoms with Crippen LogP contribution in [0.15, 0.2) is 18.2 Å². The van der Waals surface area contributed by atoms with Crippen molar-refractivity contribution >= 4 is 17.6 Å². The third-order valence-electron chi connectivity index (χ3n) is 2.16. The predicted octanol–water partition coefficient (Wildman–Crippen LogP) is 2.53. The molecule has 0 heterocycles. The number of anilines is 1. The number of nitrogens with one attached hydrogen (secondary N) is 1. The van der Waals surface area contributed by atoms with E-state index >= 15 is 0 Å². The van der Waals surface area contributed by atoms with Crippen LogP contribution in [0.5, 0.6) is 0 Å².